The van der Waals surface area contributed by atoms with Gasteiger partial charge in [-0.25, -0.2) is 0 Å². The van der Waals surface area contributed by atoms with Gasteiger partial charge >= 0.3 is 5.97 Å². The van der Waals surface area contributed by atoms with Crippen LogP contribution in [-0.4, -0.2) is 11.1 Å². The number of hydrogen-bond acceptors (Lipinski definition) is 1. The van der Waals surface area contributed by atoms with Crippen LogP contribution in [0, 0.1) is 11.8 Å². The molecule has 0 aliphatic heterocycles. The van der Waals surface area contributed by atoms with Gasteiger partial charge in [0.15, 0.2) is 0 Å². The number of hydrogen-bond donors (Lipinski definition) is 1. The monoisotopic (exact) mass is 261 g/mol. The van der Waals surface area contributed by atoms with Crippen molar-refractivity contribution in [3.8, 4) is 0 Å². The zero-order chi connectivity index (χ0) is 11.7. The molecule has 1 unspecified atom stereocenters. The van der Waals surface area contributed by atoms with Gasteiger partial charge in [-0.05, 0) is 6.42 Å². The summed E-state index contributed by atoms with van der Waals surface area (Å²) in [5.41, 5.74) is 0. The van der Waals surface area contributed by atoms with Crippen LogP contribution in [0.3, 0.4) is 0 Å². The summed E-state index contributed by atoms with van der Waals surface area (Å²) in [5.74, 6) is 1.69. The van der Waals surface area contributed by atoms with Gasteiger partial charge < -0.3 is 11.0 Å². The van der Waals surface area contributed by atoms with Crippen LogP contribution in [0.25, 0.3) is 0 Å². The van der Waals surface area contributed by atoms with Gasteiger partial charge in [0.25, 0.3) is 0 Å². The molecule has 1 atom stereocenters. The van der Waals surface area contributed by atoms with Crippen LogP contribution in [0.1, 0.15) is 65.7 Å². The number of rotatable bonds is 9. The molecule has 0 radical (unpaired) electrons. The first-order valence-corrected chi connectivity index (χ1v) is 6.21. The largest absolute Gasteiger partial charge is 0.481 e. The van der Waals surface area contributed by atoms with Gasteiger partial charge in [-0.3, -0.25) is 4.79 Å². The molecule has 0 aliphatic carbocycles. The van der Waals surface area contributed by atoms with Crippen molar-refractivity contribution in [1.29, 1.82) is 0 Å². The quantitative estimate of drug-likeness (QED) is 0.386. The molecule has 0 aliphatic rings. The number of aliphatic carboxylic acids is 1. The van der Waals surface area contributed by atoms with Gasteiger partial charge in [-0.15, -0.1) is 0 Å². The van der Waals surface area contributed by atoms with E-state index in [0.29, 0.717) is 12.3 Å². The molecule has 1 N–H and O–H groups in total. The number of carboxylic acid groups (broad SMARTS) is 1. The molecule has 2 nitrogen and oxygen atoms in total. The topological polar surface area (TPSA) is 37.3 Å². The normalized spacial score (nSPS) is 12.2. The second-order valence-corrected chi connectivity index (χ2v) is 4.11. The zero-order valence-corrected chi connectivity index (χ0v) is 12.4. The van der Waals surface area contributed by atoms with E-state index in [1.165, 1.54) is 25.7 Å². The average molecular weight is 261 g/mol. The van der Waals surface area contributed by atoms with Crippen molar-refractivity contribution in [1.82, 2.24) is 0 Å². The van der Waals surface area contributed by atoms with Crippen molar-refractivity contribution >= 4 is 5.97 Å². The first-order chi connectivity index (χ1) is 7.15. The third-order valence-electron chi connectivity index (χ3n) is 3.17. The molecular weight excluding hydrogens is 236 g/mol. The van der Waals surface area contributed by atoms with E-state index in [1.54, 1.807) is 5.92 Å². The van der Waals surface area contributed by atoms with Gasteiger partial charge in [0.1, 0.15) is 0 Å². The van der Waals surface area contributed by atoms with E-state index in [1.807, 2.05) is 0 Å². The Labute approximate surface area is 115 Å². The summed E-state index contributed by atoms with van der Waals surface area (Å²) >= 11 is 0. The van der Waals surface area contributed by atoms with Crippen LogP contribution >= 0.6 is 0 Å². The molecule has 0 rings (SSSR count). The summed E-state index contributed by atoms with van der Waals surface area (Å²) in [4.78, 5) is 10.4. The maximum atomic E-state index is 10.4. The van der Waals surface area contributed by atoms with Gasteiger partial charge in [0, 0.05) is 28.1 Å². The maximum absolute atomic E-state index is 10.4. The predicted octanol–water partition coefficient (Wildman–Crippen LogP) is 4.05. The summed E-state index contributed by atoms with van der Waals surface area (Å²) in [6.45, 7) is 6.67. The summed E-state index contributed by atoms with van der Waals surface area (Å²) in [5, 5.41) is 8.53. The first-order valence-electron chi connectivity index (χ1n) is 6.21. The Kier molecular flexibility index (Phi) is 13.5. The Balaban J connectivity index is 0. The van der Waals surface area contributed by atoms with Crippen molar-refractivity contribution in [2.45, 2.75) is 65.7 Å². The van der Waals surface area contributed by atoms with E-state index in [9.17, 15) is 4.79 Å². The molecule has 0 saturated carbocycles. The van der Waals surface area contributed by atoms with E-state index in [-0.39, 0.29) is 21.7 Å². The fraction of sp³-hybridized carbons (Fsp3) is 0.846. The van der Waals surface area contributed by atoms with Crippen molar-refractivity contribution in [2.24, 2.45) is 5.92 Å². The van der Waals surface area contributed by atoms with Crippen molar-refractivity contribution in [3.05, 3.63) is 5.92 Å². The maximum Gasteiger partial charge on any atom is 0.303 e. The molecule has 0 aromatic carbocycles. The first kappa shape index (κ1) is 18.5. The Hall–Kier alpha value is 0.184. The van der Waals surface area contributed by atoms with Crippen LogP contribution < -0.4 is 0 Å². The minimum absolute atomic E-state index is 0. The molecule has 0 fully saturated rings. The minimum Gasteiger partial charge on any atom is -0.481 e. The molecule has 16 heavy (non-hydrogen) atoms. The van der Waals surface area contributed by atoms with Gasteiger partial charge in [0.05, 0.1) is 0 Å². The van der Waals surface area contributed by atoms with Crippen LogP contribution in [0.2, 0.25) is 0 Å². The molecule has 0 heterocycles. The Bertz CT molecular complexity index is 167. The van der Waals surface area contributed by atoms with E-state index in [4.69, 9.17) is 5.11 Å². The SMILES string of the molecule is CC[C-](CC)C(CC)CCCCC(=O)O.[Ti]. The standard InChI is InChI=1S/C13H25O2.Ti/c1-4-11(5-2)12(6-3)9-7-8-10-13(14)15;/h12H,4-10H2,1-3H3,(H,14,15);/q-1;. The van der Waals surface area contributed by atoms with Crippen molar-refractivity contribution < 1.29 is 31.6 Å². The van der Waals surface area contributed by atoms with Gasteiger partial charge in [-0.2, -0.15) is 18.8 Å². The minimum atomic E-state index is -0.668. The third-order valence-corrected chi connectivity index (χ3v) is 3.17. The van der Waals surface area contributed by atoms with E-state index in [0.717, 1.165) is 12.8 Å². The molecule has 0 bridgehead atoms. The number of carbonyl (C=O) groups is 1. The van der Waals surface area contributed by atoms with Crippen LogP contribution in [-0.2, 0) is 26.5 Å². The summed E-state index contributed by atoms with van der Waals surface area (Å²) in [7, 11) is 0. The zero-order valence-electron chi connectivity index (χ0n) is 10.9. The summed E-state index contributed by atoms with van der Waals surface area (Å²) in [6, 6.07) is 0. The second kappa shape index (κ2) is 11.7. The third kappa shape index (κ3) is 8.35. The molecular formula is C13H25O2Ti-. The molecule has 0 aromatic heterocycles. The van der Waals surface area contributed by atoms with E-state index >= 15 is 0 Å². The Morgan fingerprint density at radius 3 is 2.12 bits per heavy atom. The van der Waals surface area contributed by atoms with Crippen molar-refractivity contribution in [3.63, 3.8) is 0 Å². The van der Waals surface area contributed by atoms with Crippen LogP contribution in [0.5, 0.6) is 0 Å². The average Bonchev–Trinajstić information content (AvgIpc) is 2.22. The molecule has 0 aromatic rings. The Morgan fingerprint density at radius 1 is 1.19 bits per heavy atom. The van der Waals surface area contributed by atoms with Crippen LogP contribution in [0.4, 0.5) is 0 Å². The second-order valence-electron chi connectivity index (χ2n) is 4.11. The fourth-order valence-electron chi connectivity index (χ4n) is 2.19. The van der Waals surface area contributed by atoms with Crippen LogP contribution in [0.15, 0.2) is 0 Å². The summed E-state index contributed by atoms with van der Waals surface area (Å²) in [6.07, 6.45) is 6.91. The smallest absolute Gasteiger partial charge is 0.303 e. The Morgan fingerprint density at radius 2 is 1.75 bits per heavy atom. The molecule has 3 heteroatoms. The molecule has 0 amide bonds. The van der Waals surface area contributed by atoms with Gasteiger partial charge in [-0.1, -0.05) is 40.0 Å². The van der Waals surface area contributed by atoms with Crippen molar-refractivity contribution in [2.75, 3.05) is 0 Å². The van der Waals surface area contributed by atoms with Gasteiger partial charge in [0.2, 0.25) is 0 Å². The fourth-order valence-corrected chi connectivity index (χ4v) is 2.19. The number of carboxylic acids is 1. The molecule has 0 saturated heterocycles. The van der Waals surface area contributed by atoms with E-state index in [2.05, 4.69) is 20.8 Å². The predicted molar refractivity (Wildman–Crippen MR) is 63.7 cm³/mol. The summed E-state index contributed by atoms with van der Waals surface area (Å²) < 4.78 is 0. The molecule has 94 valence electrons. The van der Waals surface area contributed by atoms with E-state index < -0.39 is 5.97 Å². The number of unbranched alkanes of at least 4 members (excludes halogenated alkanes) is 1. The molecule has 0 spiro atoms.